The second-order valence-electron chi connectivity index (χ2n) is 6.24. The highest BCUT2D eigenvalue weighted by molar-refractivity contribution is 7.10. The topological polar surface area (TPSA) is 61.9 Å². The van der Waals surface area contributed by atoms with Gasteiger partial charge in [0, 0.05) is 10.9 Å². The van der Waals surface area contributed by atoms with Crippen LogP contribution in [-0.2, 0) is 13.1 Å². The van der Waals surface area contributed by atoms with E-state index in [2.05, 4.69) is 28.5 Å². The number of thiophene rings is 1. The van der Waals surface area contributed by atoms with Crippen LogP contribution in [0.5, 0.6) is 0 Å². The van der Waals surface area contributed by atoms with E-state index in [0.717, 1.165) is 19.4 Å². The summed E-state index contributed by atoms with van der Waals surface area (Å²) in [5.41, 5.74) is 0.567. The van der Waals surface area contributed by atoms with Crippen LogP contribution in [0.25, 0.3) is 10.9 Å². The Bertz CT molecular complexity index is 987. The van der Waals surface area contributed by atoms with Crippen molar-refractivity contribution in [2.24, 2.45) is 0 Å². The van der Waals surface area contributed by atoms with Crippen LogP contribution in [0.3, 0.4) is 0 Å². The summed E-state index contributed by atoms with van der Waals surface area (Å²) in [5, 5.41) is 11.8. The number of benzene rings is 1. The number of para-hydroxylation sites is 1. The van der Waals surface area contributed by atoms with Gasteiger partial charge < -0.3 is 0 Å². The maximum Gasteiger partial charge on any atom is 0.262 e. The van der Waals surface area contributed by atoms with Crippen LogP contribution in [0.15, 0.2) is 46.6 Å². The Balaban J connectivity index is 1.74. The fourth-order valence-electron chi connectivity index (χ4n) is 3.57. The molecule has 1 aromatic carbocycles. The molecule has 1 fully saturated rings. The molecule has 0 aliphatic carbocycles. The van der Waals surface area contributed by atoms with Crippen molar-refractivity contribution in [2.45, 2.75) is 32.0 Å². The zero-order valence-corrected chi connectivity index (χ0v) is 14.6. The maximum absolute atomic E-state index is 12.8. The van der Waals surface area contributed by atoms with Gasteiger partial charge in [0.05, 0.1) is 23.5 Å². The summed E-state index contributed by atoms with van der Waals surface area (Å²) in [5.74, 6) is 0.675. The summed E-state index contributed by atoms with van der Waals surface area (Å²) in [6, 6.07) is 14.1. The number of fused-ring (bicyclic) bond motifs is 1. The van der Waals surface area contributed by atoms with Gasteiger partial charge in [-0.3, -0.25) is 14.3 Å². The summed E-state index contributed by atoms with van der Waals surface area (Å²) >= 11 is 1.77. The van der Waals surface area contributed by atoms with E-state index < -0.39 is 0 Å². The fourth-order valence-corrected chi connectivity index (χ4v) is 4.46. The predicted molar refractivity (Wildman–Crippen MR) is 98.3 cm³/mol. The lowest BCUT2D eigenvalue weighted by atomic mass is 10.2. The zero-order chi connectivity index (χ0) is 17.2. The molecule has 3 heterocycles. The molecule has 1 saturated heterocycles. The zero-order valence-electron chi connectivity index (χ0n) is 13.8. The highest BCUT2D eigenvalue weighted by atomic mass is 32.1. The molecule has 1 aliphatic heterocycles. The second-order valence-corrected chi connectivity index (χ2v) is 7.22. The molecule has 0 bridgehead atoms. The van der Waals surface area contributed by atoms with Crippen molar-refractivity contribution in [3.8, 4) is 6.07 Å². The van der Waals surface area contributed by atoms with Crippen LogP contribution in [0.1, 0.15) is 29.6 Å². The van der Waals surface area contributed by atoms with Gasteiger partial charge in [0.15, 0.2) is 0 Å². The Morgan fingerprint density at radius 1 is 1.28 bits per heavy atom. The molecule has 3 aromatic rings. The molecule has 0 amide bonds. The first-order valence-electron chi connectivity index (χ1n) is 8.41. The quantitative estimate of drug-likeness (QED) is 0.724. The molecule has 0 saturated carbocycles. The van der Waals surface area contributed by atoms with Gasteiger partial charge in [0.25, 0.3) is 5.56 Å². The summed E-state index contributed by atoms with van der Waals surface area (Å²) in [7, 11) is 0. The van der Waals surface area contributed by atoms with Crippen molar-refractivity contribution in [1.29, 1.82) is 5.26 Å². The van der Waals surface area contributed by atoms with Crippen LogP contribution in [0, 0.1) is 11.3 Å². The highest BCUT2D eigenvalue weighted by Crippen LogP contribution is 2.35. The number of rotatable bonds is 4. The number of nitrogens with zero attached hydrogens (tertiary/aromatic N) is 4. The van der Waals surface area contributed by atoms with Crippen molar-refractivity contribution in [2.75, 3.05) is 6.54 Å². The van der Waals surface area contributed by atoms with Crippen molar-refractivity contribution in [1.82, 2.24) is 14.5 Å². The molecule has 1 atom stereocenters. The summed E-state index contributed by atoms with van der Waals surface area (Å²) in [4.78, 5) is 21.2. The highest BCUT2D eigenvalue weighted by Gasteiger charge is 2.28. The molecule has 0 radical (unpaired) electrons. The van der Waals surface area contributed by atoms with Gasteiger partial charge in [-0.15, -0.1) is 11.3 Å². The minimum atomic E-state index is -0.131. The molecule has 0 N–H and O–H groups in total. The van der Waals surface area contributed by atoms with E-state index in [-0.39, 0.29) is 12.1 Å². The SMILES string of the molecule is N#CCn1c(CN2CCC[C@@H]2c2cccs2)nc2ccccc2c1=O. The van der Waals surface area contributed by atoms with Crippen LogP contribution in [-0.4, -0.2) is 21.0 Å². The predicted octanol–water partition coefficient (Wildman–Crippen LogP) is 3.32. The average Bonchev–Trinajstić information content (AvgIpc) is 3.29. The molecule has 25 heavy (non-hydrogen) atoms. The van der Waals surface area contributed by atoms with Gasteiger partial charge in [-0.25, -0.2) is 4.98 Å². The van der Waals surface area contributed by atoms with Crippen molar-refractivity contribution >= 4 is 22.2 Å². The molecular formula is C19H18N4OS. The summed E-state index contributed by atoms with van der Waals surface area (Å²) in [6.45, 7) is 1.60. The monoisotopic (exact) mass is 350 g/mol. The van der Waals surface area contributed by atoms with E-state index in [0.29, 0.717) is 29.3 Å². The van der Waals surface area contributed by atoms with E-state index in [1.807, 2.05) is 18.2 Å². The lowest BCUT2D eigenvalue weighted by molar-refractivity contribution is 0.241. The van der Waals surface area contributed by atoms with Crippen LogP contribution < -0.4 is 5.56 Å². The Hall–Kier alpha value is -2.49. The molecule has 0 spiro atoms. The molecule has 5 nitrogen and oxygen atoms in total. The third-order valence-corrected chi connectivity index (χ3v) is 5.72. The molecule has 6 heteroatoms. The van der Waals surface area contributed by atoms with E-state index in [4.69, 9.17) is 10.2 Å². The fraction of sp³-hybridized carbons (Fsp3) is 0.316. The number of hydrogen-bond donors (Lipinski definition) is 0. The average molecular weight is 350 g/mol. The normalized spacial score (nSPS) is 17.8. The van der Waals surface area contributed by atoms with Crippen LogP contribution in [0.2, 0.25) is 0 Å². The first kappa shape index (κ1) is 16.0. The Morgan fingerprint density at radius 3 is 2.96 bits per heavy atom. The second kappa shape index (κ2) is 6.79. The maximum atomic E-state index is 12.8. The third kappa shape index (κ3) is 2.97. The van der Waals surface area contributed by atoms with Gasteiger partial charge in [0.1, 0.15) is 12.4 Å². The summed E-state index contributed by atoms with van der Waals surface area (Å²) < 4.78 is 1.52. The van der Waals surface area contributed by atoms with Crippen LogP contribution in [0.4, 0.5) is 0 Å². The first-order chi connectivity index (χ1) is 12.3. The van der Waals surface area contributed by atoms with Gasteiger partial charge in [-0.2, -0.15) is 5.26 Å². The molecule has 126 valence electrons. The van der Waals surface area contributed by atoms with Crippen LogP contribution >= 0.6 is 11.3 Å². The van der Waals surface area contributed by atoms with E-state index >= 15 is 0 Å². The van der Waals surface area contributed by atoms with Gasteiger partial charge in [0.2, 0.25) is 0 Å². The third-order valence-electron chi connectivity index (χ3n) is 4.75. The number of hydrogen-bond acceptors (Lipinski definition) is 5. The first-order valence-corrected chi connectivity index (χ1v) is 9.29. The molecule has 1 aliphatic rings. The van der Waals surface area contributed by atoms with E-state index in [1.165, 1.54) is 9.44 Å². The molecule has 0 unspecified atom stereocenters. The Kier molecular flexibility index (Phi) is 4.35. The van der Waals surface area contributed by atoms with Gasteiger partial charge in [-0.1, -0.05) is 18.2 Å². The largest absolute Gasteiger partial charge is 0.288 e. The smallest absolute Gasteiger partial charge is 0.262 e. The van der Waals surface area contributed by atoms with E-state index in [9.17, 15) is 4.79 Å². The lowest BCUT2D eigenvalue weighted by Crippen LogP contribution is -2.30. The van der Waals surface area contributed by atoms with Crippen molar-refractivity contribution < 1.29 is 0 Å². The molecule has 2 aromatic heterocycles. The Morgan fingerprint density at radius 2 is 2.16 bits per heavy atom. The van der Waals surface area contributed by atoms with E-state index in [1.54, 1.807) is 17.4 Å². The standard InChI is InChI=1S/C19H18N4OS/c20-9-11-23-18(21-15-6-2-1-5-14(15)19(23)24)13-22-10-3-7-16(22)17-8-4-12-25-17/h1-2,4-6,8,12,16H,3,7,10-11,13H2/t16-/m1/s1. The minimum Gasteiger partial charge on any atom is -0.288 e. The lowest BCUT2D eigenvalue weighted by Gasteiger charge is -2.24. The number of aromatic nitrogens is 2. The number of nitriles is 1. The van der Waals surface area contributed by atoms with Gasteiger partial charge >= 0.3 is 0 Å². The molecular weight excluding hydrogens is 332 g/mol. The molecule has 4 rings (SSSR count). The van der Waals surface area contributed by atoms with Crippen molar-refractivity contribution in [3.63, 3.8) is 0 Å². The summed E-state index contributed by atoms with van der Waals surface area (Å²) in [6.07, 6.45) is 2.26. The van der Waals surface area contributed by atoms with Crippen molar-refractivity contribution in [3.05, 3.63) is 62.8 Å². The number of likely N-dealkylation sites (tertiary alicyclic amines) is 1. The minimum absolute atomic E-state index is 0.0313. The Labute approximate surface area is 149 Å². The van der Waals surface area contributed by atoms with Gasteiger partial charge in [-0.05, 0) is 43.0 Å².